The maximum absolute atomic E-state index is 2.61. The SMILES string of the molecule is CC1[B]C(C)C(C)C(CC2C(C)C(C)[B]C(C)C2C)C1C. The molecule has 0 spiro atoms. The van der Waals surface area contributed by atoms with Crippen LogP contribution in [-0.2, 0) is 0 Å². The van der Waals surface area contributed by atoms with E-state index in [9.17, 15) is 0 Å². The fourth-order valence-electron chi connectivity index (χ4n) is 5.35. The van der Waals surface area contributed by atoms with Crippen molar-refractivity contribution < 1.29 is 0 Å². The highest BCUT2D eigenvalue weighted by atomic mass is 14.4. The summed E-state index contributed by atoms with van der Waals surface area (Å²) in [6, 6.07) is 0. The standard InChI is InChI=1S/C19H36B2/c1-10-14(5)20-15(6)11(2)18(10)9-19-12(3)16(7)21-17(8)13(19)4/h10-19H,9H2,1-8H3. The van der Waals surface area contributed by atoms with Crippen molar-refractivity contribution in [2.45, 2.75) is 85.1 Å². The van der Waals surface area contributed by atoms with E-state index in [0.29, 0.717) is 0 Å². The zero-order valence-corrected chi connectivity index (χ0v) is 15.6. The third kappa shape index (κ3) is 3.40. The molecule has 8 atom stereocenters. The van der Waals surface area contributed by atoms with E-state index in [1.54, 1.807) is 0 Å². The third-order valence-electron chi connectivity index (χ3n) is 7.78. The van der Waals surface area contributed by atoms with Crippen molar-refractivity contribution in [3.05, 3.63) is 0 Å². The van der Waals surface area contributed by atoms with Crippen molar-refractivity contribution in [1.29, 1.82) is 0 Å². The van der Waals surface area contributed by atoms with Gasteiger partial charge >= 0.3 is 0 Å². The summed E-state index contributed by atoms with van der Waals surface area (Å²) in [5.74, 6) is 8.39. The molecule has 2 rings (SSSR count). The molecule has 0 N–H and O–H groups in total. The van der Waals surface area contributed by atoms with Gasteiger partial charge in [0.1, 0.15) is 14.6 Å². The minimum atomic E-state index is 0.789. The van der Waals surface area contributed by atoms with Gasteiger partial charge in [0.05, 0.1) is 0 Å². The monoisotopic (exact) mass is 286 g/mol. The summed E-state index contributed by atoms with van der Waals surface area (Å²) in [6.07, 6.45) is 1.45. The van der Waals surface area contributed by atoms with Crippen LogP contribution in [0.5, 0.6) is 0 Å². The predicted molar refractivity (Wildman–Crippen MR) is 97.5 cm³/mol. The molecule has 0 saturated carbocycles. The Kier molecular flexibility index (Phi) is 5.59. The van der Waals surface area contributed by atoms with Crippen LogP contribution in [0, 0.1) is 35.5 Å². The van der Waals surface area contributed by atoms with Gasteiger partial charge in [-0.1, -0.05) is 78.7 Å². The second-order valence-electron chi connectivity index (χ2n) is 8.82. The van der Waals surface area contributed by atoms with Gasteiger partial charge in [-0.3, -0.25) is 0 Å². The van der Waals surface area contributed by atoms with Crippen molar-refractivity contribution in [3.63, 3.8) is 0 Å². The van der Waals surface area contributed by atoms with Gasteiger partial charge in [-0.15, -0.1) is 0 Å². The van der Waals surface area contributed by atoms with Crippen LogP contribution in [0.3, 0.4) is 0 Å². The van der Waals surface area contributed by atoms with Gasteiger partial charge in [-0.05, 0) is 41.9 Å². The molecule has 118 valence electrons. The summed E-state index contributed by atoms with van der Waals surface area (Å²) in [7, 11) is 5.22. The Morgan fingerprint density at radius 2 is 0.714 bits per heavy atom. The van der Waals surface area contributed by atoms with E-state index in [1.165, 1.54) is 6.42 Å². The van der Waals surface area contributed by atoms with Crippen LogP contribution in [0.4, 0.5) is 0 Å². The lowest BCUT2D eigenvalue weighted by molar-refractivity contribution is 0.114. The lowest BCUT2D eigenvalue weighted by Crippen LogP contribution is -2.41. The molecule has 8 unspecified atom stereocenters. The minimum Gasteiger partial charge on any atom is -0.0694 e. The molecule has 21 heavy (non-hydrogen) atoms. The van der Waals surface area contributed by atoms with E-state index in [1.807, 2.05) is 0 Å². The quantitative estimate of drug-likeness (QED) is 0.561. The fraction of sp³-hybridized carbons (Fsp3) is 1.00. The van der Waals surface area contributed by atoms with E-state index >= 15 is 0 Å². The van der Waals surface area contributed by atoms with Gasteiger partial charge in [0.15, 0.2) is 0 Å². The Labute approximate surface area is 135 Å². The van der Waals surface area contributed by atoms with Crippen molar-refractivity contribution in [2.75, 3.05) is 0 Å². The topological polar surface area (TPSA) is 0 Å². The molecule has 0 aromatic rings. The van der Waals surface area contributed by atoms with Crippen LogP contribution in [0.25, 0.3) is 0 Å². The molecule has 2 aliphatic rings. The van der Waals surface area contributed by atoms with E-state index in [4.69, 9.17) is 0 Å². The highest BCUT2D eigenvalue weighted by Crippen LogP contribution is 2.51. The molecule has 2 fully saturated rings. The molecule has 0 amide bonds. The summed E-state index contributed by atoms with van der Waals surface area (Å²) in [6.45, 7) is 19.8. The molecular weight excluding hydrogens is 250 g/mol. The molecule has 0 aliphatic carbocycles. The van der Waals surface area contributed by atoms with Gasteiger partial charge in [-0.2, -0.15) is 0 Å². The zero-order chi connectivity index (χ0) is 15.9. The van der Waals surface area contributed by atoms with Crippen LogP contribution in [0.2, 0.25) is 23.3 Å². The summed E-state index contributed by atoms with van der Waals surface area (Å²) in [5.41, 5.74) is 0. The van der Waals surface area contributed by atoms with Crippen LogP contribution < -0.4 is 0 Å². The van der Waals surface area contributed by atoms with Crippen molar-refractivity contribution in [1.82, 2.24) is 0 Å². The van der Waals surface area contributed by atoms with Gasteiger partial charge in [0.25, 0.3) is 0 Å². The Balaban J connectivity index is 2.13. The van der Waals surface area contributed by atoms with Gasteiger partial charge < -0.3 is 0 Å². The number of rotatable bonds is 2. The molecule has 2 heterocycles. The third-order valence-corrected chi connectivity index (χ3v) is 7.78. The van der Waals surface area contributed by atoms with Crippen LogP contribution in [0.1, 0.15) is 61.8 Å². The molecule has 0 nitrogen and oxygen atoms in total. The maximum Gasteiger partial charge on any atom is 0.117 e. The average Bonchev–Trinajstić information content (AvgIpc) is 2.42. The van der Waals surface area contributed by atoms with E-state index in [-0.39, 0.29) is 0 Å². The van der Waals surface area contributed by atoms with Gasteiger partial charge in [0, 0.05) is 0 Å². The molecule has 2 aliphatic heterocycles. The molecule has 2 radical (unpaired) electrons. The smallest absolute Gasteiger partial charge is 0.0694 e. The average molecular weight is 286 g/mol. The molecule has 2 heteroatoms. The first-order valence-corrected chi connectivity index (χ1v) is 9.44. The van der Waals surface area contributed by atoms with Crippen molar-refractivity contribution in [2.24, 2.45) is 35.5 Å². The molecular formula is C19H36B2. The lowest BCUT2D eigenvalue weighted by Gasteiger charge is -2.49. The van der Waals surface area contributed by atoms with Crippen molar-refractivity contribution in [3.8, 4) is 0 Å². The summed E-state index contributed by atoms with van der Waals surface area (Å²) in [4.78, 5) is 0. The first-order chi connectivity index (χ1) is 9.73. The van der Waals surface area contributed by atoms with Crippen LogP contribution in [0.15, 0.2) is 0 Å². The Bertz CT molecular complexity index is 282. The van der Waals surface area contributed by atoms with E-state index in [2.05, 4.69) is 69.9 Å². The molecule has 0 aromatic heterocycles. The summed E-state index contributed by atoms with van der Waals surface area (Å²) in [5, 5.41) is 0. The van der Waals surface area contributed by atoms with Crippen LogP contribution in [-0.4, -0.2) is 14.6 Å². The Hall–Kier alpha value is 0.130. The summed E-state index contributed by atoms with van der Waals surface area (Å²) >= 11 is 0. The highest BCUT2D eigenvalue weighted by Gasteiger charge is 2.43. The van der Waals surface area contributed by atoms with Gasteiger partial charge in [-0.25, -0.2) is 0 Å². The van der Waals surface area contributed by atoms with E-state index < -0.39 is 0 Å². The zero-order valence-electron chi connectivity index (χ0n) is 15.6. The second-order valence-corrected chi connectivity index (χ2v) is 8.82. The largest absolute Gasteiger partial charge is 0.117 e. The molecule has 0 aromatic carbocycles. The minimum absolute atomic E-state index is 0.789. The molecule has 2 saturated heterocycles. The first kappa shape index (κ1) is 17.5. The lowest BCUT2D eigenvalue weighted by atomic mass is 9.38. The van der Waals surface area contributed by atoms with Gasteiger partial charge in [0.2, 0.25) is 0 Å². The van der Waals surface area contributed by atoms with E-state index in [0.717, 1.165) is 58.8 Å². The Morgan fingerprint density at radius 3 is 0.952 bits per heavy atom. The number of hydrogen-bond donors (Lipinski definition) is 0. The van der Waals surface area contributed by atoms with Crippen LogP contribution >= 0.6 is 0 Å². The second kappa shape index (κ2) is 6.71. The van der Waals surface area contributed by atoms with Crippen molar-refractivity contribution >= 4 is 14.6 Å². The normalized spacial score (nSPS) is 54.7. The number of hydrogen-bond acceptors (Lipinski definition) is 0. The summed E-state index contributed by atoms with van der Waals surface area (Å²) < 4.78 is 0. The predicted octanol–water partition coefficient (Wildman–Crippen LogP) is 5.82. The maximum atomic E-state index is 2.61. The first-order valence-electron chi connectivity index (χ1n) is 9.44. The Morgan fingerprint density at radius 1 is 0.476 bits per heavy atom. The fourth-order valence-corrected chi connectivity index (χ4v) is 5.35. The highest BCUT2D eigenvalue weighted by molar-refractivity contribution is 6.40. The molecule has 0 bridgehead atoms.